The average molecular weight is 384 g/mol. The zero-order chi connectivity index (χ0) is 18.6. The number of carbonyl (C=O) groups is 1. The Kier molecular flexibility index (Phi) is 5.11. The molecule has 2 aromatic heterocycles. The second kappa shape index (κ2) is 7.84. The molecule has 1 unspecified atom stereocenters. The van der Waals surface area contributed by atoms with Crippen LogP contribution in [0.25, 0.3) is 11.5 Å². The van der Waals surface area contributed by atoms with Crippen molar-refractivity contribution in [3.63, 3.8) is 0 Å². The van der Waals surface area contributed by atoms with Crippen LogP contribution in [0.2, 0.25) is 5.02 Å². The van der Waals surface area contributed by atoms with E-state index < -0.39 is 0 Å². The predicted octanol–water partition coefficient (Wildman–Crippen LogP) is 3.27. The van der Waals surface area contributed by atoms with Gasteiger partial charge in [0, 0.05) is 42.5 Å². The van der Waals surface area contributed by atoms with Gasteiger partial charge in [-0.1, -0.05) is 22.8 Å². The number of halogens is 1. The fourth-order valence-corrected chi connectivity index (χ4v) is 3.51. The van der Waals surface area contributed by atoms with Gasteiger partial charge in [0.2, 0.25) is 11.7 Å². The van der Waals surface area contributed by atoms with Gasteiger partial charge in [0.05, 0.1) is 6.20 Å². The number of carbonyl (C=O) groups excluding carboxylic acids is 1. The molecule has 1 aliphatic heterocycles. The third-order valence-electron chi connectivity index (χ3n) is 4.60. The molecule has 0 spiro atoms. The van der Waals surface area contributed by atoms with E-state index in [-0.39, 0.29) is 11.8 Å². The van der Waals surface area contributed by atoms with Crippen molar-refractivity contribution in [3.05, 3.63) is 59.3 Å². The highest BCUT2D eigenvalue weighted by Crippen LogP contribution is 2.23. The molecule has 138 valence electrons. The summed E-state index contributed by atoms with van der Waals surface area (Å²) in [6, 6.07) is 7.06. The van der Waals surface area contributed by atoms with Crippen LogP contribution in [-0.2, 0) is 6.42 Å². The van der Waals surface area contributed by atoms with Crippen LogP contribution in [0.15, 0.2) is 47.4 Å². The van der Waals surface area contributed by atoms with Crippen LogP contribution in [0.3, 0.4) is 0 Å². The molecule has 1 aromatic carbocycles. The van der Waals surface area contributed by atoms with Gasteiger partial charge >= 0.3 is 0 Å². The van der Waals surface area contributed by atoms with Crippen molar-refractivity contribution in [1.82, 2.24) is 25.0 Å². The lowest BCUT2D eigenvalue weighted by Gasteiger charge is -2.32. The lowest BCUT2D eigenvalue weighted by atomic mass is 9.94. The zero-order valence-corrected chi connectivity index (χ0v) is 15.3. The Balaban J connectivity index is 1.42. The van der Waals surface area contributed by atoms with Crippen molar-refractivity contribution < 1.29 is 9.32 Å². The maximum Gasteiger partial charge on any atom is 0.253 e. The smallest absolute Gasteiger partial charge is 0.253 e. The predicted molar refractivity (Wildman–Crippen MR) is 99.1 cm³/mol. The normalized spacial score (nSPS) is 17.1. The van der Waals surface area contributed by atoms with Crippen LogP contribution in [0.5, 0.6) is 0 Å². The number of hydrogen-bond donors (Lipinski definition) is 0. The maximum absolute atomic E-state index is 12.7. The largest absolute Gasteiger partial charge is 0.339 e. The van der Waals surface area contributed by atoms with Gasteiger partial charge in [0.1, 0.15) is 5.69 Å². The topological polar surface area (TPSA) is 85.0 Å². The first-order valence-electron chi connectivity index (χ1n) is 8.83. The second-order valence-electron chi connectivity index (χ2n) is 6.58. The molecule has 3 aromatic rings. The van der Waals surface area contributed by atoms with Gasteiger partial charge in [-0.2, -0.15) is 4.98 Å². The van der Waals surface area contributed by atoms with Crippen LogP contribution < -0.4 is 0 Å². The van der Waals surface area contributed by atoms with Gasteiger partial charge in [-0.15, -0.1) is 0 Å². The first kappa shape index (κ1) is 17.6. The Morgan fingerprint density at radius 2 is 2.26 bits per heavy atom. The van der Waals surface area contributed by atoms with E-state index >= 15 is 0 Å². The van der Waals surface area contributed by atoms with Crippen molar-refractivity contribution in [3.8, 4) is 11.5 Å². The molecule has 0 radical (unpaired) electrons. The van der Waals surface area contributed by atoms with Gasteiger partial charge in [-0.25, -0.2) is 4.98 Å². The van der Waals surface area contributed by atoms with Crippen molar-refractivity contribution in [2.75, 3.05) is 13.1 Å². The Hall–Kier alpha value is -2.80. The molecule has 8 heteroatoms. The number of nitrogens with zero attached hydrogens (tertiary/aromatic N) is 5. The van der Waals surface area contributed by atoms with Crippen LogP contribution in [-0.4, -0.2) is 44.0 Å². The summed E-state index contributed by atoms with van der Waals surface area (Å²) in [6.45, 7) is 1.41. The molecule has 0 aliphatic carbocycles. The van der Waals surface area contributed by atoms with E-state index in [9.17, 15) is 4.79 Å². The Bertz CT molecular complexity index is 931. The van der Waals surface area contributed by atoms with E-state index in [0.717, 1.165) is 19.4 Å². The second-order valence-corrected chi connectivity index (χ2v) is 7.01. The Morgan fingerprint density at radius 3 is 3.07 bits per heavy atom. The molecule has 0 bridgehead atoms. The maximum atomic E-state index is 12.7. The number of hydrogen-bond acceptors (Lipinski definition) is 6. The summed E-state index contributed by atoms with van der Waals surface area (Å²) in [5, 5.41) is 4.55. The lowest BCUT2D eigenvalue weighted by molar-refractivity contribution is 0.0668. The van der Waals surface area contributed by atoms with Gasteiger partial charge in [-0.05, 0) is 37.0 Å². The molecule has 1 saturated heterocycles. The van der Waals surface area contributed by atoms with E-state index in [2.05, 4.69) is 20.1 Å². The lowest BCUT2D eigenvalue weighted by Crippen LogP contribution is -2.40. The van der Waals surface area contributed by atoms with E-state index in [4.69, 9.17) is 16.1 Å². The van der Waals surface area contributed by atoms with Crippen molar-refractivity contribution >= 4 is 17.5 Å². The monoisotopic (exact) mass is 383 g/mol. The molecule has 27 heavy (non-hydrogen) atoms. The van der Waals surface area contributed by atoms with E-state index in [1.807, 2.05) is 4.90 Å². The fraction of sp³-hybridized carbons (Fsp3) is 0.316. The molecule has 1 aliphatic rings. The highest BCUT2D eigenvalue weighted by Gasteiger charge is 2.26. The SMILES string of the molecule is O=C(c1cccc(Cl)c1)N1CCCC(Cc2nc(-c3cnccn3)no2)C1. The average Bonchev–Trinajstić information content (AvgIpc) is 3.17. The molecular formula is C19H18ClN5O2. The van der Waals surface area contributed by atoms with E-state index in [1.54, 1.807) is 42.9 Å². The van der Waals surface area contributed by atoms with Crippen LogP contribution in [0, 0.1) is 5.92 Å². The minimum absolute atomic E-state index is 0.00739. The minimum atomic E-state index is 0.00739. The van der Waals surface area contributed by atoms with Gasteiger partial charge in [0.25, 0.3) is 5.91 Å². The number of rotatable bonds is 4. The molecule has 3 heterocycles. The third kappa shape index (κ3) is 4.14. The number of piperidine rings is 1. The number of benzene rings is 1. The van der Waals surface area contributed by atoms with E-state index in [1.165, 1.54) is 0 Å². The highest BCUT2D eigenvalue weighted by atomic mass is 35.5. The molecule has 1 fully saturated rings. The number of likely N-dealkylation sites (tertiary alicyclic amines) is 1. The summed E-state index contributed by atoms with van der Waals surface area (Å²) in [5.74, 6) is 1.27. The molecule has 1 amide bonds. The summed E-state index contributed by atoms with van der Waals surface area (Å²) in [6.07, 6.45) is 7.38. The van der Waals surface area contributed by atoms with Crippen molar-refractivity contribution in [2.45, 2.75) is 19.3 Å². The first-order valence-corrected chi connectivity index (χ1v) is 9.20. The van der Waals surface area contributed by atoms with Crippen LogP contribution in [0.4, 0.5) is 0 Å². The van der Waals surface area contributed by atoms with Gasteiger partial charge in [-0.3, -0.25) is 9.78 Å². The fourth-order valence-electron chi connectivity index (χ4n) is 3.32. The standard InChI is InChI=1S/C19H18ClN5O2/c20-15-5-1-4-14(10-15)19(26)25-8-2-3-13(12-25)9-17-23-18(24-27-17)16-11-21-6-7-22-16/h1,4-7,10-11,13H,2-3,8-9,12H2. The Labute approximate surface area is 161 Å². The zero-order valence-electron chi connectivity index (χ0n) is 14.6. The van der Waals surface area contributed by atoms with Gasteiger partial charge < -0.3 is 9.42 Å². The molecule has 4 rings (SSSR count). The summed E-state index contributed by atoms with van der Waals surface area (Å²) in [7, 11) is 0. The van der Waals surface area contributed by atoms with E-state index in [0.29, 0.717) is 41.0 Å². The third-order valence-corrected chi connectivity index (χ3v) is 4.84. The van der Waals surface area contributed by atoms with Crippen molar-refractivity contribution in [1.29, 1.82) is 0 Å². The molecule has 7 nitrogen and oxygen atoms in total. The minimum Gasteiger partial charge on any atom is -0.339 e. The quantitative estimate of drug-likeness (QED) is 0.687. The number of amides is 1. The molecular weight excluding hydrogens is 366 g/mol. The van der Waals surface area contributed by atoms with Crippen LogP contribution >= 0.6 is 11.6 Å². The van der Waals surface area contributed by atoms with Crippen LogP contribution in [0.1, 0.15) is 29.1 Å². The summed E-state index contributed by atoms with van der Waals surface area (Å²) >= 11 is 6.01. The first-order chi connectivity index (χ1) is 13.2. The Morgan fingerprint density at radius 1 is 1.33 bits per heavy atom. The summed E-state index contributed by atoms with van der Waals surface area (Å²) in [5.41, 5.74) is 1.19. The molecule has 0 saturated carbocycles. The number of aromatic nitrogens is 4. The highest BCUT2D eigenvalue weighted by molar-refractivity contribution is 6.30. The molecule has 1 atom stereocenters. The summed E-state index contributed by atoms with van der Waals surface area (Å²) < 4.78 is 5.37. The van der Waals surface area contributed by atoms with Crippen molar-refractivity contribution in [2.24, 2.45) is 5.92 Å². The van der Waals surface area contributed by atoms with Gasteiger partial charge in [0.15, 0.2) is 0 Å². The molecule has 0 N–H and O–H groups in total. The summed E-state index contributed by atoms with van der Waals surface area (Å²) in [4.78, 5) is 27.2.